The second kappa shape index (κ2) is 5.01. The Morgan fingerprint density at radius 2 is 1.61 bits per heavy atom. The molecule has 1 aliphatic carbocycles. The van der Waals surface area contributed by atoms with Gasteiger partial charge in [-0.05, 0) is 49.9 Å². The van der Waals surface area contributed by atoms with Gasteiger partial charge in [-0.15, -0.1) is 0 Å². The number of aryl methyl sites for hydroxylation is 1. The summed E-state index contributed by atoms with van der Waals surface area (Å²) in [6.07, 6.45) is 5.07. The molecular weight excluding hydrogens is 302 g/mol. The van der Waals surface area contributed by atoms with Crippen molar-refractivity contribution in [3.8, 4) is 0 Å². The monoisotopic (exact) mass is 325 g/mol. The first-order valence-corrected chi connectivity index (χ1v) is 9.02. The molecule has 0 radical (unpaired) electrons. The van der Waals surface area contributed by atoms with E-state index in [1.807, 2.05) is 0 Å². The molecule has 0 N–H and O–H groups in total. The van der Waals surface area contributed by atoms with E-state index in [1.54, 1.807) is 0 Å². The SMILES string of the molecule is Cc1cccc(N2c3ccccc3C3(C)CCCCC23C)c1Cl. The Bertz CT molecular complexity index is 768. The molecule has 2 unspecified atom stereocenters. The van der Waals surface area contributed by atoms with E-state index in [4.69, 9.17) is 11.6 Å². The van der Waals surface area contributed by atoms with E-state index < -0.39 is 0 Å². The molecule has 0 spiro atoms. The molecule has 2 aliphatic rings. The first-order chi connectivity index (χ1) is 11.0. The third-order valence-electron chi connectivity index (χ3n) is 6.42. The number of hydrogen-bond acceptors (Lipinski definition) is 1. The first-order valence-electron chi connectivity index (χ1n) is 8.64. The second-order valence-electron chi connectivity index (χ2n) is 7.57. The summed E-state index contributed by atoms with van der Waals surface area (Å²) in [6.45, 7) is 6.98. The van der Waals surface area contributed by atoms with E-state index in [-0.39, 0.29) is 11.0 Å². The van der Waals surface area contributed by atoms with Gasteiger partial charge in [0.05, 0.1) is 16.2 Å². The number of nitrogens with zero attached hydrogens (tertiary/aromatic N) is 1. The van der Waals surface area contributed by atoms with Gasteiger partial charge < -0.3 is 4.90 Å². The molecule has 0 amide bonds. The molecule has 0 aromatic heterocycles. The smallest absolute Gasteiger partial charge is 0.0672 e. The molecule has 1 fully saturated rings. The zero-order chi connectivity index (χ0) is 16.2. The van der Waals surface area contributed by atoms with Crippen LogP contribution in [0.4, 0.5) is 11.4 Å². The lowest BCUT2D eigenvalue weighted by molar-refractivity contribution is 0.195. The Kier molecular flexibility index (Phi) is 3.29. The van der Waals surface area contributed by atoms with Crippen LogP contribution in [0.25, 0.3) is 0 Å². The summed E-state index contributed by atoms with van der Waals surface area (Å²) in [6, 6.07) is 15.3. The van der Waals surface area contributed by atoms with Crippen LogP contribution in [-0.2, 0) is 5.41 Å². The van der Waals surface area contributed by atoms with Gasteiger partial charge >= 0.3 is 0 Å². The fourth-order valence-corrected chi connectivity index (χ4v) is 5.09. The van der Waals surface area contributed by atoms with Crippen molar-refractivity contribution in [1.29, 1.82) is 0 Å². The molecule has 23 heavy (non-hydrogen) atoms. The summed E-state index contributed by atoms with van der Waals surface area (Å²) in [5.74, 6) is 0. The number of anilines is 2. The highest BCUT2D eigenvalue weighted by Gasteiger charge is 2.57. The van der Waals surface area contributed by atoms with Gasteiger partial charge in [-0.1, -0.05) is 61.7 Å². The van der Waals surface area contributed by atoms with Gasteiger partial charge in [0, 0.05) is 11.1 Å². The largest absolute Gasteiger partial charge is 0.333 e. The van der Waals surface area contributed by atoms with E-state index in [2.05, 4.69) is 68.1 Å². The van der Waals surface area contributed by atoms with Crippen molar-refractivity contribution >= 4 is 23.0 Å². The molecule has 2 aromatic carbocycles. The van der Waals surface area contributed by atoms with Crippen LogP contribution in [0.1, 0.15) is 50.7 Å². The molecule has 1 aliphatic heterocycles. The van der Waals surface area contributed by atoms with Crippen LogP contribution in [0.2, 0.25) is 5.02 Å². The van der Waals surface area contributed by atoms with Crippen LogP contribution in [0, 0.1) is 6.92 Å². The van der Waals surface area contributed by atoms with E-state index in [1.165, 1.54) is 36.9 Å². The van der Waals surface area contributed by atoms with Crippen LogP contribution in [0.3, 0.4) is 0 Å². The molecule has 2 atom stereocenters. The van der Waals surface area contributed by atoms with E-state index in [0.29, 0.717) is 0 Å². The molecule has 1 saturated carbocycles. The van der Waals surface area contributed by atoms with E-state index >= 15 is 0 Å². The van der Waals surface area contributed by atoms with Gasteiger partial charge in [0.25, 0.3) is 0 Å². The fourth-order valence-electron chi connectivity index (χ4n) is 4.88. The van der Waals surface area contributed by atoms with Crippen molar-refractivity contribution in [3.05, 3.63) is 58.6 Å². The zero-order valence-corrected chi connectivity index (χ0v) is 15.0. The Hall–Kier alpha value is -1.47. The Morgan fingerprint density at radius 1 is 0.913 bits per heavy atom. The van der Waals surface area contributed by atoms with Gasteiger partial charge in [-0.2, -0.15) is 0 Å². The molecule has 1 heterocycles. The first kappa shape index (κ1) is 15.1. The zero-order valence-electron chi connectivity index (χ0n) is 14.2. The minimum atomic E-state index is 0.0897. The van der Waals surface area contributed by atoms with Crippen LogP contribution < -0.4 is 4.90 Å². The Morgan fingerprint density at radius 3 is 2.43 bits per heavy atom. The number of rotatable bonds is 1. The average Bonchev–Trinajstić information content (AvgIpc) is 2.75. The molecule has 4 rings (SSSR count). The molecule has 0 bridgehead atoms. The van der Waals surface area contributed by atoms with Gasteiger partial charge in [0.15, 0.2) is 0 Å². The lowest BCUT2D eigenvalue weighted by Gasteiger charge is -2.50. The maximum absolute atomic E-state index is 6.74. The summed E-state index contributed by atoms with van der Waals surface area (Å²) < 4.78 is 0. The molecule has 2 aromatic rings. The van der Waals surface area contributed by atoms with Crippen molar-refractivity contribution < 1.29 is 0 Å². The molecule has 1 nitrogen and oxygen atoms in total. The van der Waals surface area contributed by atoms with Crippen LogP contribution in [0.15, 0.2) is 42.5 Å². The third-order valence-corrected chi connectivity index (χ3v) is 6.92. The standard InChI is InChI=1S/C21H24ClN/c1-15-9-8-12-18(19(15)22)23-17-11-5-4-10-16(17)20(2)13-6-7-14-21(20,23)3/h4-5,8-12H,6-7,13-14H2,1-3H3. The van der Waals surface area contributed by atoms with E-state index in [9.17, 15) is 0 Å². The maximum Gasteiger partial charge on any atom is 0.0672 e. The van der Waals surface area contributed by atoms with Crippen molar-refractivity contribution in [2.75, 3.05) is 4.90 Å². The molecular formula is C21H24ClN. The predicted molar refractivity (Wildman–Crippen MR) is 99.0 cm³/mol. The molecule has 120 valence electrons. The summed E-state index contributed by atoms with van der Waals surface area (Å²) in [5.41, 5.74) is 5.41. The number of hydrogen-bond donors (Lipinski definition) is 0. The van der Waals surface area contributed by atoms with Crippen molar-refractivity contribution in [2.24, 2.45) is 0 Å². The quantitative estimate of drug-likeness (QED) is 0.587. The summed E-state index contributed by atoms with van der Waals surface area (Å²) >= 11 is 6.74. The van der Waals surface area contributed by atoms with Crippen molar-refractivity contribution in [1.82, 2.24) is 0 Å². The third kappa shape index (κ3) is 1.86. The summed E-state index contributed by atoms with van der Waals surface area (Å²) in [5, 5.41) is 0.887. The lowest BCUT2D eigenvalue weighted by atomic mass is 9.61. The molecule has 2 heteroatoms. The number of halogens is 1. The van der Waals surface area contributed by atoms with E-state index in [0.717, 1.165) is 16.3 Å². The Labute approximate surface area is 144 Å². The Balaban J connectivity index is 2.00. The van der Waals surface area contributed by atoms with Gasteiger partial charge in [0.1, 0.15) is 0 Å². The summed E-state index contributed by atoms with van der Waals surface area (Å²) in [4.78, 5) is 2.54. The minimum Gasteiger partial charge on any atom is -0.333 e. The maximum atomic E-state index is 6.74. The minimum absolute atomic E-state index is 0.0897. The normalized spacial score (nSPS) is 29.3. The molecule has 0 saturated heterocycles. The lowest BCUT2D eigenvalue weighted by Crippen LogP contribution is -2.54. The highest BCUT2D eigenvalue weighted by molar-refractivity contribution is 6.34. The van der Waals surface area contributed by atoms with Crippen molar-refractivity contribution in [2.45, 2.75) is 57.4 Å². The number of para-hydroxylation sites is 1. The van der Waals surface area contributed by atoms with Crippen LogP contribution in [0.5, 0.6) is 0 Å². The van der Waals surface area contributed by atoms with Crippen LogP contribution in [-0.4, -0.2) is 5.54 Å². The highest BCUT2D eigenvalue weighted by atomic mass is 35.5. The topological polar surface area (TPSA) is 3.24 Å². The average molecular weight is 326 g/mol. The highest BCUT2D eigenvalue weighted by Crippen LogP contribution is 2.61. The second-order valence-corrected chi connectivity index (χ2v) is 7.95. The van der Waals surface area contributed by atoms with Crippen LogP contribution >= 0.6 is 11.6 Å². The van der Waals surface area contributed by atoms with Gasteiger partial charge in [0.2, 0.25) is 0 Å². The fraction of sp³-hybridized carbons (Fsp3) is 0.429. The van der Waals surface area contributed by atoms with Gasteiger partial charge in [-0.25, -0.2) is 0 Å². The number of benzene rings is 2. The number of fused-ring (bicyclic) bond motifs is 3. The summed E-state index contributed by atoms with van der Waals surface area (Å²) in [7, 11) is 0. The predicted octanol–water partition coefficient (Wildman–Crippen LogP) is 6.39. The van der Waals surface area contributed by atoms with Gasteiger partial charge in [-0.3, -0.25) is 0 Å². The van der Waals surface area contributed by atoms with Crippen molar-refractivity contribution in [3.63, 3.8) is 0 Å².